The van der Waals surface area contributed by atoms with Gasteiger partial charge in [0, 0.05) is 56.7 Å². The fourth-order valence-corrected chi connectivity index (χ4v) is 5.70. The molecule has 1 atom stereocenters. The third kappa shape index (κ3) is 4.65. The van der Waals surface area contributed by atoms with E-state index in [1.165, 1.54) is 22.8 Å². The van der Waals surface area contributed by atoms with Crippen LogP contribution in [0.25, 0.3) is 10.8 Å². The highest BCUT2D eigenvalue weighted by molar-refractivity contribution is 6.35. The second-order valence-corrected chi connectivity index (χ2v) is 10.5. The minimum atomic E-state index is -5.14. The number of alkyl halides is 3. The van der Waals surface area contributed by atoms with Gasteiger partial charge in [0.15, 0.2) is 0 Å². The molecule has 2 aliphatic rings. The number of aromatic nitrogens is 1. The van der Waals surface area contributed by atoms with Crippen molar-refractivity contribution >= 4 is 34.0 Å². The van der Waals surface area contributed by atoms with Crippen molar-refractivity contribution in [1.82, 2.24) is 14.4 Å². The van der Waals surface area contributed by atoms with E-state index in [-0.39, 0.29) is 30.7 Å². The van der Waals surface area contributed by atoms with Crippen LogP contribution in [-0.4, -0.2) is 69.8 Å². The fraction of sp³-hybridized carbons (Fsp3) is 0.407. The van der Waals surface area contributed by atoms with Gasteiger partial charge in [0.2, 0.25) is 0 Å². The maximum absolute atomic E-state index is 13.9. The second kappa shape index (κ2) is 9.91. The van der Waals surface area contributed by atoms with E-state index in [0.717, 1.165) is 41.2 Å². The zero-order chi connectivity index (χ0) is 27.2. The van der Waals surface area contributed by atoms with Gasteiger partial charge in [-0.05, 0) is 36.4 Å². The SMILES string of the molecule is Cn1ccc2cc(NC3CN(C4CCN(C(=O)[C@@](O)(c5ccccc5)C(F)(F)F)CC4)C3)cc(Cl)c2c1=O. The number of rotatable bonds is 5. The molecule has 3 aromatic rings. The normalized spacial score (nSPS) is 19.3. The Morgan fingerprint density at radius 2 is 1.74 bits per heavy atom. The predicted molar refractivity (Wildman–Crippen MR) is 139 cm³/mol. The van der Waals surface area contributed by atoms with Crippen molar-refractivity contribution in [2.24, 2.45) is 7.05 Å². The predicted octanol–water partition coefficient (Wildman–Crippen LogP) is 3.73. The highest BCUT2D eigenvalue weighted by atomic mass is 35.5. The average Bonchev–Trinajstić information content (AvgIpc) is 2.87. The Labute approximate surface area is 222 Å². The average molecular weight is 549 g/mol. The van der Waals surface area contributed by atoms with Crippen LogP contribution >= 0.6 is 11.6 Å². The molecule has 2 fully saturated rings. The molecule has 0 radical (unpaired) electrons. The lowest BCUT2D eigenvalue weighted by Gasteiger charge is -2.48. The van der Waals surface area contributed by atoms with Crippen LogP contribution in [0.3, 0.4) is 0 Å². The molecule has 3 heterocycles. The van der Waals surface area contributed by atoms with Gasteiger partial charge in [-0.25, -0.2) is 0 Å². The van der Waals surface area contributed by atoms with Crippen LogP contribution < -0.4 is 10.9 Å². The van der Waals surface area contributed by atoms with Crippen LogP contribution in [-0.2, 0) is 17.4 Å². The van der Waals surface area contributed by atoms with Gasteiger partial charge in [0.05, 0.1) is 16.5 Å². The number of fused-ring (bicyclic) bond motifs is 1. The van der Waals surface area contributed by atoms with E-state index in [2.05, 4.69) is 10.2 Å². The molecule has 0 bridgehead atoms. The lowest BCUT2D eigenvalue weighted by atomic mass is 9.89. The topological polar surface area (TPSA) is 77.8 Å². The Morgan fingerprint density at radius 1 is 1.08 bits per heavy atom. The lowest BCUT2D eigenvalue weighted by Crippen LogP contribution is -2.62. The molecule has 2 aliphatic heterocycles. The summed E-state index contributed by atoms with van der Waals surface area (Å²) in [6.45, 7) is 1.75. The third-order valence-electron chi connectivity index (χ3n) is 7.59. The molecule has 11 heteroatoms. The van der Waals surface area contributed by atoms with E-state index in [0.29, 0.717) is 23.3 Å². The number of carbonyl (C=O) groups excluding carboxylic acids is 1. The maximum atomic E-state index is 13.9. The van der Waals surface area contributed by atoms with E-state index >= 15 is 0 Å². The molecule has 38 heavy (non-hydrogen) atoms. The summed E-state index contributed by atoms with van der Waals surface area (Å²) in [7, 11) is 1.67. The van der Waals surface area contributed by atoms with Gasteiger partial charge in [0.25, 0.3) is 17.1 Å². The van der Waals surface area contributed by atoms with Gasteiger partial charge < -0.3 is 19.9 Å². The fourth-order valence-electron chi connectivity index (χ4n) is 5.39. The first kappa shape index (κ1) is 26.5. The first-order valence-electron chi connectivity index (χ1n) is 12.4. The lowest BCUT2D eigenvalue weighted by molar-refractivity contribution is -0.262. The number of likely N-dealkylation sites (tertiary alicyclic amines) is 2. The Hall–Kier alpha value is -3.08. The second-order valence-electron chi connectivity index (χ2n) is 10.0. The van der Waals surface area contributed by atoms with E-state index in [1.54, 1.807) is 19.3 Å². The molecule has 0 spiro atoms. The molecule has 1 aromatic heterocycles. The van der Waals surface area contributed by atoms with Crippen molar-refractivity contribution in [3.8, 4) is 0 Å². The number of hydrogen-bond acceptors (Lipinski definition) is 5. The van der Waals surface area contributed by atoms with Crippen molar-refractivity contribution < 1.29 is 23.1 Å². The number of amides is 1. The summed E-state index contributed by atoms with van der Waals surface area (Å²) < 4.78 is 43.2. The monoisotopic (exact) mass is 548 g/mol. The molecule has 5 rings (SSSR count). The number of aliphatic hydroxyl groups is 1. The minimum Gasteiger partial charge on any atom is -0.380 e. The van der Waals surface area contributed by atoms with Crippen molar-refractivity contribution in [3.63, 3.8) is 0 Å². The van der Waals surface area contributed by atoms with Crippen LogP contribution in [0.15, 0.2) is 59.5 Å². The largest absolute Gasteiger partial charge is 0.430 e. The number of nitrogens with zero attached hydrogens (tertiary/aromatic N) is 3. The van der Waals surface area contributed by atoms with Gasteiger partial charge in [-0.1, -0.05) is 41.9 Å². The van der Waals surface area contributed by atoms with Crippen LogP contribution in [0.2, 0.25) is 5.02 Å². The number of carbonyl (C=O) groups is 1. The molecular weight excluding hydrogens is 521 g/mol. The molecule has 202 valence electrons. The highest BCUT2D eigenvalue weighted by Crippen LogP contribution is 2.41. The Kier molecular flexibility index (Phi) is 6.91. The van der Waals surface area contributed by atoms with Crippen LogP contribution in [0.1, 0.15) is 18.4 Å². The van der Waals surface area contributed by atoms with Crippen LogP contribution in [0.4, 0.5) is 18.9 Å². The number of benzene rings is 2. The van der Waals surface area contributed by atoms with Gasteiger partial charge in [-0.3, -0.25) is 14.5 Å². The van der Waals surface area contributed by atoms with Gasteiger partial charge >= 0.3 is 6.18 Å². The first-order chi connectivity index (χ1) is 18.0. The smallest absolute Gasteiger partial charge is 0.380 e. The first-order valence-corrected chi connectivity index (χ1v) is 12.8. The molecule has 1 amide bonds. The highest BCUT2D eigenvalue weighted by Gasteiger charge is 2.62. The summed E-state index contributed by atoms with van der Waals surface area (Å²) in [5, 5.41) is 15.7. The van der Waals surface area contributed by atoms with E-state index in [9.17, 15) is 27.9 Å². The Morgan fingerprint density at radius 3 is 2.37 bits per heavy atom. The summed E-state index contributed by atoms with van der Waals surface area (Å²) >= 11 is 6.39. The quantitative estimate of drug-likeness (QED) is 0.508. The number of hydrogen-bond donors (Lipinski definition) is 2. The van der Waals surface area contributed by atoms with Crippen molar-refractivity contribution in [3.05, 3.63) is 75.7 Å². The zero-order valence-electron chi connectivity index (χ0n) is 20.7. The summed E-state index contributed by atoms with van der Waals surface area (Å²) in [5.41, 5.74) is -3.40. The van der Waals surface area contributed by atoms with Gasteiger partial charge in [-0.2, -0.15) is 13.2 Å². The van der Waals surface area contributed by atoms with Crippen molar-refractivity contribution in [2.45, 2.75) is 36.7 Å². The number of aryl methyl sites for hydroxylation is 1. The minimum absolute atomic E-state index is 0.135. The molecule has 0 unspecified atom stereocenters. The van der Waals surface area contributed by atoms with Crippen molar-refractivity contribution in [2.75, 3.05) is 31.5 Å². The van der Waals surface area contributed by atoms with E-state index in [4.69, 9.17) is 11.6 Å². The van der Waals surface area contributed by atoms with Crippen LogP contribution in [0.5, 0.6) is 0 Å². The van der Waals surface area contributed by atoms with E-state index < -0.39 is 23.2 Å². The number of nitrogens with one attached hydrogen (secondary N) is 1. The Balaban J connectivity index is 1.18. The molecule has 2 aromatic carbocycles. The number of anilines is 1. The summed E-state index contributed by atoms with van der Waals surface area (Å²) in [5.74, 6) is -1.33. The summed E-state index contributed by atoms with van der Waals surface area (Å²) in [6, 6.07) is 12.3. The third-order valence-corrected chi connectivity index (χ3v) is 7.89. The van der Waals surface area contributed by atoms with Gasteiger partial charge in [0.1, 0.15) is 0 Å². The number of pyridine rings is 1. The molecular formula is C27H28ClF3N4O3. The Bertz CT molecular complexity index is 1400. The number of halogens is 4. The van der Waals surface area contributed by atoms with Crippen molar-refractivity contribution in [1.29, 1.82) is 0 Å². The molecule has 0 saturated carbocycles. The summed E-state index contributed by atoms with van der Waals surface area (Å²) in [6.07, 6.45) is -2.40. The molecule has 2 saturated heterocycles. The zero-order valence-corrected chi connectivity index (χ0v) is 21.5. The van der Waals surface area contributed by atoms with Crippen LogP contribution in [0, 0.1) is 0 Å². The molecule has 7 nitrogen and oxygen atoms in total. The van der Waals surface area contributed by atoms with E-state index in [1.807, 2.05) is 12.1 Å². The standard InChI is InChI=1S/C27H28ClF3N4O3/c1-33-10-7-17-13-19(14-22(28)23(17)24(33)36)32-20-15-35(16-20)21-8-11-34(12-9-21)25(37)26(38,27(29,30)31)18-5-3-2-4-6-18/h2-7,10,13-14,20-21,32,38H,8-9,11-12,15-16H2,1H3/t26-/m0/s1. The summed E-state index contributed by atoms with van der Waals surface area (Å²) in [4.78, 5) is 28.7. The number of piperidine rings is 1. The van der Waals surface area contributed by atoms with Gasteiger partial charge in [-0.15, -0.1) is 0 Å². The molecule has 0 aliphatic carbocycles. The molecule has 2 N–H and O–H groups in total. The maximum Gasteiger partial charge on any atom is 0.430 e.